The number of fused-ring (bicyclic) bond motifs is 6. The zero-order chi connectivity index (χ0) is 34.4. The van der Waals surface area contributed by atoms with E-state index in [1.54, 1.807) is 0 Å². The van der Waals surface area contributed by atoms with Gasteiger partial charge in [-0.15, -0.1) is 0 Å². The molecule has 246 valence electrons. The minimum Gasteiger partial charge on any atom is -0.456 e. The van der Waals surface area contributed by atoms with E-state index >= 15 is 0 Å². The summed E-state index contributed by atoms with van der Waals surface area (Å²) in [6.45, 7) is 0. The van der Waals surface area contributed by atoms with E-state index in [0.717, 1.165) is 61.8 Å². The lowest BCUT2D eigenvalue weighted by molar-refractivity contribution is 0.669. The molecule has 0 amide bonds. The van der Waals surface area contributed by atoms with Gasteiger partial charge in [0.1, 0.15) is 11.2 Å². The molecule has 0 unspecified atom stereocenters. The molecule has 4 nitrogen and oxygen atoms in total. The molecule has 0 N–H and O–H groups in total. The topological polar surface area (TPSA) is 24.6 Å². The van der Waals surface area contributed by atoms with Crippen LogP contribution in [0.2, 0.25) is 0 Å². The molecule has 0 aliphatic carbocycles. The first kappa shape index (κ1) is 29.8. The first-order chi connectivity index (χ1) is 25.8. The lowest BCUT2D eigenvalue weighted by atomic mass is 10.1. The van der Waals surface area contributed by atoms with Gasteiger partial charge in [-0.25, -0.2) is 0 Å². The van der Waals surface area contributed by atoms with Crippen molar-refractivity contribution in [2.45, 2.75) is 0 Å². The summed E-state index contributed by atoms with van der Waals surface area (Å²) in [7, 11) is 0. The van der Waals surface area contributed by atoms with E-state index in [0.29, 0.717) is 0 Å². The van der Waals surface area contributed by atoms with Gasteiger partial charge in [-0.2, -0.15) is 0 Å². The Kier molecular flexibility index (Phi) is 7.10. The molecule has 10 aromatic rings. The largest absolute Gasteiger partial charge is 0.456 e. The van der Waals surface area contributed by atoms with Crippen molar-refractivity contribution in [3.63, 3.8) is 0 Å². The lowest BCUT2D eigenvalue weighted by Gasteiger charge is -2.29. The van der Waals surface area contributed by atoms with Crippen LogP contribution in [-0.2, 0) is 0 Å². The van der Waals surface area contributed by atoms with Crippen molar-refractivity contribution in [1.82, 2.24) is 4.57 Å². The van der Waals surface area contributed by atoms with Crippen LogP contribution in [0, 0.1) is 0 Å². The fraction of sp³-hybridized carbons (Fsp3) is 0. The van der Waals surface area contributed by atoms with Gasteiger partial charge in [-0.1, -0.05) is 97.1 Å². The van der Waals surface area contributed by atoms with Gasteiger partial charge in [-0.3, -0.25) is 0 Å². The number of aromatic nitrogens is 1. The summed E-state index contributed by atoms with van der Waals surface area (Å²) in [6.07, 6.45) is 0. The molecule has 2 aromatic heterocycles. The summed E-state index contributed by atoms with van der Waals surface area (Å²) in [6, 6.07) is 70.8. The first-order valence-electron chi connectivity index (χ1n) is 17.6. The maximum Gasteiger partial charge on any atom is 0.137 e. The fourth-order valence-corrected chi connectivity index (χ4v) is 7.63. The van der Waals surface area contributed by atoms with Crippen molar-refractivity contribution in [2.24, 2.45) is 0 Å². The number of rotatable bonds is 7. The van der Waals surface area contributed by atoms with Crippen molar-refractivity contribution in [3.05, 3.63) is 200 Å². The average Bonchev–Trinajstić information content (AvgIpc) is 3.75. The van der Waals surface area contributed by atoms with E-state index in [9.17, 15) is 0 Å². The third-order valence-electron chi connectivity index (χ3n) is 9.92. The Hall–Kier alpha value is -7.04. The van der Waals surface area contributed by atoms with E-state index in [2.05, 4.69) is 202 Å². The second-order valence-electron chi connectivity index (χ2n) is 13.0. The monoisotopic (exact) mass is 667 g/mol. The van der Waals surface area contributed by atoms with Crippen molar-refractivity contribution in [1.29, 1.82) is 0 Å². The molecule has 2 heterocycles. The van der Waals surface area contributed by atoms with Crippen LogP contribution >= 0.6 is 0 Å². The molecule has 0 saturated carbocycles. The van der Waals surface area contributed by atoms with Gasteiger partial charge < -0.3 is 18.8 Å². The smallest absolute Gasteiger partial charge is 0.137 e. The first-order valence-corrected chi connectivity index (χ1v) is 17.6. The van der Waals surface area contributed by atoms with Crippen molar-refractivity contribution >= 4 is 77.9 Å². The Morgan fingerprint density at radius 1 is 0.308 bits per heavy atom. The molecule has 0 bridgehead atoms. The van der Waals surface area contributed by atoms with Crippen LogP contribution in [0.5, 0.6) is 0 Å². The Morgan fingerprint density at radius 3 is 1.52 bits per heavy atom. The Labute approximate surface area is 301 Å². The summed E-state index contributed by atoms with van der Waals surface area (Å²) in [5.74, 6) is 0. The Morgan fingerprint density at radius 2 is 0.808 bits per heavy atom. The Balaban J connectivity index is 1.14. The molecule has 52 heavy (non-hydrogen) atoms. The standard InChI is InChI=1S/C48H33N3O/c1-4-15-34(16-5-1)49(39-28-30-46-44(32-39)41-23-10-12-25-45(41)51(46)36-19-8-3-9-20-36)37-21-14-22-38(31-37)50(35-17-6-2-7-18-35)40-27-29-43-42-24-11-13-26-47(42)52-48(43)33-40/h1-33H. The third kappa shape index (κ3) is 5.00. The quantitative estimate of drug-likeness (QED) is 0.169. The fourth-order valence-electron chi connectivity index (χ4n) is 7.63. The highest BCUT2D eigenvalue weighted by Crippen LogP contribution is 2.43. The van der Waals surface area contributed by atoms with E-state index < -0.39 is 0 Å². The summed E-state index contributed by atoms with van der Waals surface area (Å²) in [4.78, 5) is 4.65. The SMILES string of the molecule is c1ccc(N(c2cccc(N(c3ccccc3)c3ccc4c(c3)c3ccccc3n4-c3ccccc3)c2)c2ccc3c(c2)oc2ccccc23)cc1. The zero-order valence-corrected chi connectivity index (χ0v) is 28.3. The molecule has 0 radical (unpaired) electrons. The number of hydrogen-bond acceptors (Lipinski definition) is 3. The van der Waals surface area contributed by atoms with Crippen LogP contribution in [-0.4, -0.2) is 4.57 Å². The molecular formula is C48H33N3O. The van der Waals surface area contributed by atoms with Crippen LogP contribution in [0.1, 0.15) is 0 Å². The average molecular weight is 668 g/mol. The maximum atomic E-state index is 6.35. The predicted octanol–water partition coefficient (Wildman–Crippen LogP) is 13.6. The van der Waals surface area contributed by atoms with Crippen LogP contribution in [0.25, 0.3) is 49.4 Å². The van der Waals surface area contributed by atoms with Gasteiger partial charge in [0.15, 0.2) is 0 Å². The number of benzene rings is 8. The molecule has 0 fully saturated rings. The van der Waals surface area contributed by atoms with E-state index in [4.69, 9.17) is 4.42 Å². The molecule has 0 saturated heterocycles. The maximum absolute atomic E-state index is 6.35. The number of nitrogens with zero attached hydrogens (tertiary/aromatic N) is 3. The number of furan rings is 1. The van der Waals surface area contributed by atoms with Crippen LogP contribution < -0.4 is 9.80 Å². The minimum atomic E-state index is 0.865. The second-order valence-corrected chi connectivity index (χ2v) is 13.0. The van der Waals surface area contributed by atoms with E-state index in [-0.39, 0.29) is 0 Å². The predicted molar refractivity (Wildman–Crippen MR) is 217 cm³/mol. The molecular weight excluding hydrogens is 635 g/mol. The van der Waals surface area contributed by atoms with Crippen molar-refractivity contribution in [3.8, 4) is 5.69 Å². The zero-order valence-electron chi connectivity index (χ0n) is 28.3. The van der Waals surface area contributed by atoms with Crippen molar-refractivity contribution in [2.75, 3.05) is 9.80 Å². The van der Waals surface area contributed by atoms with Gasteiger partial charge in [-0.05, 0) is 97.1 Å². The minimum absolute atomic E-state index is 0.865. The Bertz CT molecular complexity index is 2860. The normalized spacial score (nSPS) is 11.5. The third-order valence-corrected chi connectivity index (χ3v) is 9.92. The molecule has 0 atom stereocenters. The molecule has 4 heteroatoms. The lowest BCUT2D eigenvalue weighted by Crippen LogP contribution is -2.13. The second kappa shape index (κ2) is 12.4. The summed E-state index contributed by atoms with van der Waals surface area (Å²) >= 11 is 0. The van der Waals surface area contributed by atoms with Gasteiger partial charge in [0.05, 0.1) is 11.0 Å². The highest BCUT2D eigenvalue weighted by molar-refractivity contribution is 6.11. The summed E-state index contributed by atoms with van der Waals surface area (Å²) < 4.78 is 8.71. The molecule has 10 rings (SSSR count). The number of anilines is 6. The summed E-state index contributed by atoms with van der Waals surface area (Å²) in [5.41, 5.74) is 11.6. The van der Waals surface area contributed by atoms with Crippen LogP contribution in [0.15, 0.2) is 205 Å². The van der Waals surface area contributed by atoms with Gasteiger partial charge in [0.2, 0.25) is 0 Å². The molecule has 0 spiro atoms. The van der Waals surface area contributed by atoms with Gasteiger partial charge in [0.25, 0.3) is 0 Å². The van der Waals surface area contributed by atoms with Crippen LogP contribution in [0.3, 0.4) is 0 Å². The highest BCUT2D eigenvalue weighted by Gasteiger charge is 2.20. The summed E-state index contributed by atoms with van der Waals surface area (Å²) in [5, 5.41) is 4.67. The van der Waals surface area contributed by atoms with Gasteiger partial charge in [0, 0.05) is 67.4 Å². The van der Waals surface area contributed by atoms with E-state index in [1.165, 1.54) is 21.8 Å². The number of hydrogen-bond donors (Lipinski definition) is 0. The highest BCUT2D eigenvalue weighted by atomic mass is 16.3. The molecule has 0 aliphatic heterocycles. The van der Waals surface area contributed by atoms with Crippen molar-refractivity contribution < 1.29 is 4.42 Å². The van der Waals surface area contributed by atoms with Gasteiger partial charge >= 0.3 is 0 Å². The molecule has 8 aromatic carbocycles. The van der Waals surface area contributed by atoms with E-state index in [1.807, 2.05) is 12.1 Å². The van der Waals surface area contributed by atoms with Crippen LogP contribution in [0.4, 0.5) is 34.1 Å². The number of para-hydroxylation sites is 5. The molecule has 0 aliphatic rings.